The van der Waals surface area contributed by atoms with Gasteiger partial charge in [-0.3, -0.25) is 4.79 Å². The van der Waals surface area contributed by atoms with Crippen molar-refractivity contribution in [1.29, 1.82) is 0 Å². The number of ether oxygens (including phenoxy) is 2. The zero-order chi connectivity index (χ0) is 15.8. The predicted octanol–water partition coefficient (Wildman–Crippen LogP) is 4.11. The van der Waals surface area contributed by atoms with Gasteiger partial charge in [0.2, 0.25) is 0 Å². The minimum absolute atomic E-state index is 0.220. The summed E-state index contributed by atoms with van der Waals surface area (Å²) in [5, 5.41) is 4.16. The molecular formula is C17H12ClNO4. The predicted molar refractivity (Wildman–Crippen MR) is 86.6 cm³/mol. The van der Waals surface area contributed by atoms with E-state index in [1.807, 2.05) is 0 Å². The second kappa shape index (κ2) is 5.52. The van der Waals surface area contributed by atoms with E-state index < -0.39 is 0 Å². The van der Waals surface area contributed by atoms with Crippen molar-refractivity contribution < 1.29 is 18.7 Å². The molecule has 116 valence electrons. The molecule has 1 N–H and O–H groups in total. The van der Waals surface area contributed by atoms with Crippen molar-refractivity contribution in [1.82, 2.24) is 0 Å². The van der Waals surface area contributed by atoms with E-state index in [2.05, 4.69) is 5.32 Å². The van der Waals surface area contributed by atoms with Gasteiger partial charge < -0.3 is 19.2 Å². The van der Waals surface area contributed by atoms with Gasteiger partial charge in [-0.2, -0.15) is 0 Å². The third kappa shape index (κ3) is 2.71. The van der Waals surface area contributed by atoms with Gasteiger partial charge in [0.1, 0.15) is 18.8 Å². The number of carbonyl (C=O) groups excluding carboxylic acids is 1. The monoisotopic (exact) mass is 329 g/mol. The summed E-state index contributed by atoms with van der Waals surface area (Å²) >= 11 is 5.94. The molecule has 0 aliphatic carbocycles. The van der Waals surface area contributed by atoms with E-state index >= 15 is 0 Å². The lowest BCUT2D eigenvalue weighted by Gasteiger charge is -2.18. The Kier molecular flexibility index (Phi) is 3.35. The second-order valence-electron chi connectivity index (χ2n) is 5.11. The zero-order valence-corrected chi connectivity index (χ0v) is 12.7. The van der Waals surface area contributed by atoms with Gasteiger partial charge in [0.25, 0.3) is 5.91 Å². The fourth-order valence-electron chi connectivity index (χ4n) is 2.44. The van der Waals surface area contributed by atoms with E-state index in [0.29, 0.717) is 41.0 Å². The van der Waals surface area contributed by atoms with Crippen molar-refractivity contribution >= 4 is 34.2 Å². The number of rotatable bonds is 2. The lowest BCUT2D eigenvalue weighted by molar-refractivity contribution is 0.0998. The van der Waals surface area contributed by atoms with Gasteiger partial charge in [-0.05, 0) is 36.4 Å². The summed E-state index contributed by atoms with van der Waals surface area (Å²) in [6, 6.07) is 12.1. The molecule has 0 unspecified atom stereocenters. The molecule has 0 bridgehead atoms. The van der Waals surface area contributed by atoms with Gasteiger partial charge >= 0.3 is 0 Å². The van der Waals surface area contributed by atoms with Crippen LogP contribution >= 0.6 is 11.6 Å². The summed E-state index contributed by atoms with van der Waals surface area (Å²) in [6.45, 7) is 1.02. The molecule has 0 atom stereocenters. The van der Waals surface area contributed by atoms with Crippen LogP contribution in [0, 0.1) is 0 Å². The molecule has 1 aromatic heterocycles. The number of halogens is 1. The van der Waals surface area contributed by atoms with E-state index in [0.717, 1.165) is 5.39 Å². The van der Waals surface area contributed by atoms with Crippen LogP contribution in [0.1, 0.15) is 10.6 Å². The van der Waals surface area contributed by atoms with Crippen LogP contribution in [-0.2, 0) is 0 Å². The van der Waals surface area contributed by atoms with E-state index in [1.165, 1.54) is 0 Å². The minimum Gasteiger partial charge on any atom is -0.486 e. The zero-order valence-electron chi connectivity index (χ0n) is 12.0. The van der Waals surface area contributed by atoms with Gasteiger partial charge in [0, 0.05) is 22.2 Å². The standard InChI is InChI=1S/C17H12ClNO4/c18-11-1-3-13-10(7-11)8-16(23-13)17(20)19-12-2-4-14-15(9-12)22-6-5-21-14/h1-4,7-9H,5-6H2,(H,19,20). The lowest BCUT2D eigenvalue weighted by Crippen LogP contribution is -2.16. The number of hydrogen-bond acceptors (Lipinski definition) is 4. The maximum Gasteiger partial charge on any atom is 0.291 e. The number of carbonyl (C=O) groups is 1. The van der Waals surface area contributed by atoms with Crippen molar-refractivity contribution in [2.75, 3.05) is 18.5 Å². The summed E-state index contributed by atoms with van der Waals surface area (Å²) in [5.74, 6) is 1.17. The van der Waals surface area contributed by atoms with Crippen LogP contribution in [0.25, 0.3) is 11.0 Å². The lowest BCUT2D eigenvalue weighted by atomic mass is 10.2. The Hall–Kier alpha value is -2.66. The Bertz CT molecular complexity index is 903. The molecule has 2 heterocycles. The van der Waals surface area contributed by atoms with Crippen LogP contribution in [0.3, 0.4) is 0 Å². The molecular weight excluding hydrogens is 318 g/mol. The first-order chi connectivity index (χ1) is 11.2. The molecule has 1 aliphatic heterocycles. The first-order valence-corrected chi connectivity index (χ1v) is 7.47. The molecule has 4 rings (SSSR count). The molecule has 1 aliphatic rings. The summed E-state index contributed by atoms with van der Waals surface area (Å²) in [6.07, 6.45) is 0. The minimum atomic E-state index is -0.339. The van der Waals surface area contributed by atoms with Crippen molar-refractivity contribution in [2.24, 2.45) is 0 Å². The highest BCUT2D eigenvalue weighted by Crippen LogP contribution is 2.33. The topological polar surface area (TPSA) is 60.7 Å². The molecule has 5 nitrogen and oxygen atoms in total. The van der Waals surface area contributed by atoms with Gasteiger partial charge in [0.15, 0.2) is 17.3 Å². The maximum atomic E-state index is 12.3. The van der Waals surface area contributed by atoms with E-state index in [4.69, 9.17) is 25.5 Å². The van der Waals surface area contributed by atoms with Crippen molar-refractivity contribution in [2.45, 2.75) is 0 Å². The molecule has 1 amide bonds. The SMILES string of the molecule is O=C(Nc1ccc2c(c1)OCCO2)c1cc2cc(Cl)ccc2o1. The molecule has 0 saturated heterocycles. The largest absolute Gasteiger partial charge is 0.486 e. The van der Waals surface area contributed by atoms with Crippen LogP contribution in [0.2, 0.25) is 5.02 Å². The quantitative estimate of drug-likeness (QED) is 0.768. The summed E-state index contributed by atoms with van der Waals surface area (Å²) in [7, 11) is 0. The van der Waals surface area contributed by atoms with Crippen LogP contribution in [-0.4, -0.2) is 19.1 Å². The van der Waals surface area contributed by atoms with Gasteiger partial charge in [-0.15, -0.1) is 0 Å². The Morgan fingerprint density at radius 2 is 1.83 bits per heavy atom. The molecule has 0 spiro atoms. The summed E-state index contributed by atoms with van der Waals surface area (Å²) in [5.41, 5.74) is 1.22. The number of amides is 1. The number of anilines is 1. The molecule has 3 aromatic rings. The van der Waals surface area contributed by atoms with Crippen LogP contribution in [0.5, 0.6) is 11.5 Å². The van der Waals surface area contributed by atoms with E-state index in [1.54, 1.807) is 42.5 Å². The second-order valence-corrected chi connectivity index (χ2v) is 5.54. The number of nitrogens with one attached hydrogen (secondary N) is 1. The molecule has 23 heavy (non-hydrogen) atoms. The van der Waals surface area contributed by atoms with E-state index in [9.17, 15) is 4.79 Å². The van der Waals surface area contributed by atoms with Crippen molar-refractivity contribution in [3.05, 3.63) is 53.2 Å². The molecule has 0 saturated carbocycles. The third-order valence-electron chi connectivity index (χ3n) is 3.50. The normalized spacial score (nSPS) is 13.1. The Balaban J connectivity index is 1.59. The maximum absolute atomic E-state index is 12.3. The average molecular weight is 330 g/mol. The van der Waals surface area contributed by atoms with Crippen LogP contribution < -0.4 is 14.8 Å². The van der Waals surface area contributed by atoms with E-state index in [-0.39, 0.29) is 11.7 Å². The summed E-state index contributed by atoms with van der Waals surface area (Å²) in [4.78, 5) is 12.3. The van der Waals surface area contributed by atoms with Crippen molar-refractivity contribution in [3.8, 4) is 11.5 Å². The number of hydrogen-bond donors (Lipinski definition) is 1. The molecule has 0 fully saturated rings. The highest BCUT2D eigenvalue weighted by molar-refractivity contribution is 6.31. The number of fused-ring (bicyclic) bond motifs is 2. The Morgan fingerprint density at radius 3 is 2.70 bits per heavy atom. The van der Waals surface area contributed by atoms with Crippen LogP contribution in [0.15, 0.2) is 46.9 Å². The first-order valence-electron chi connectivity index (χ1n) is 7.09. The van der Waals surface area contributed by atoms with Crippen molar-refractivity contribution in [3.63, 3.8) is 0 Å². The number of furan rings is 1. The molecule has 0 radical (unpaired) electrons. The Morgan fingerprint density at radius 1 is 1.00 bits per heavy atom. The fraction of sp³-hybridized carbons (Fsp3) is 0.118. The van der Waals surface area contributed by atoms with Gasteiger partial charge in [0.05, 0.1) is 0 Å². The average Bonchev–Trinajstić information content (AvgIpc) is 2.98. The van der Waals surface area contributed by atoms with Gasteiger partial charge in [-0.25, -0.2) is 0 Å². The Labute approximate surface area is 136 Å². The number of benzene rings is 2. The third-order valence-corrected chi connectivity index (χ3v) is 3.74. The van der Waals surface area contributed by atoms with Gasteiger partial charge in [-0.1, -0.05) is 11.6 Å². The summed E-state index contributed by atoms with van der Waals surface area (Å²) < 4.78 is 16.5. The molecule has 2 aromatic carbocycles. The first kappa shape index (κ1) is 14.0. The molecule has 6 heteroatoms. The smallest absolute Gasteiger partial charge is 0.291 e. The highest BCUT2D eigenvalue weighted by atomic mass is 35.5. The fourth-order valence-corrected chi connectivity index (χ4v) is 2.62. The highest BCUT2D eigenvalue weighted by Gasteiger charge is 2.16. The van der Waals surface area contributed by atoms with Crippen LogP contribution in [0.4, 0.5) is 5.69 Å².